The predicted octanol–water partition coefficient (Wildman–Crippen LogP) is 4.01. The van der Waals surface area contributed by atoms with Gasteiger partial charge in [-0.25, -0.2) is 4.79 Å². The van der Waals surface area contributed by atoms with Crippen molar-refractivity contribution in [1.29, 1.82) is 0 Å². The molecule has 3 aromatic rings. The third-order valence-corrected chi connectivity index (χ3v) is 10.1. The maximum absolute atomic E-state index is 12.8. The summed E-state index contributed by atoms with van der Waals surface area (Å²) in [5.74, 6) is -1.61. The molecular weight excluding hydrogens is 536 g/mol. The number of β-lactam (4-membered cyclic amide) rings is 1. The van der Waals surface area contributed by atoms with E-state index in [0.717, 1.165) is 4.88 Å². The Hall–Kier alpha value is -2.31. The van der Waals surface area contributed by atoms with E-state index in [1.165, 1.54) is 57.2 Å². The second kappa shape index (κ2) is 9.38. The van der Waals surface area contributed by atoms with Gasteiger partial charge in [0.05, 0.1) is 10.6 Å². The van der Waals surface area contributed by atoms with Crippen LogP contribution in [0.1, 0.15) is 4.88 Å². The molecule has 2 amide bonds. The molecule has 5 rings (SSSR count). The smallest absolute Gasteiger partial charge is 0.353 e. The fourth-order valence-corrected chi connectivity index (χ4v) is 8.59. The summed E-state index contributed by atoms with van der Waals surface area (Å²) < 4.78 is 1.32. The number of rotatable bonds is 6. The number of carbonyl (C=O) groups is 3. The van der Waals surface area contributed by atoms with E-state index in [0.29, 0.717) is 30.0 Å². The summed E-state index contributed by atoms with van der Waals surface area (Å²) in [6, 6.07) is 9.42. The largest absolute Gasteiger partial charge is 0.477 e. The lowest BCUT2D eigenvalue weighted by Crippen LogP contribution is -2.70. The van der Waals surface area contributed by atoms with Crippen LogP contribution >= 0.6 is 57.8 Å². The van der Waals surface area contributed by atoms with Crippen LogP contribution in [0.25, 0.3) is 10.1 Å². The second-order valence-corrected chi connectivity index (χ2v) is 12.5. The van der Waals surface area contributed by atoms with Gasteiger partial charge in [0.15, 0.2) is 5.43 Å². The van der Waals surface area contributed by atoms with Crippen molar-refractivity contribution in [3.8, 4) is 0 Å². The first-order valence-corrected chi connectivity index (χ1v) is 13.9. The molecule has 12 heteroatoms. The van der Waals surface area contributed by atoms with Crippen LogP contribution in [0.2, 0.25) is 5.02 Å². The van der Waals surface area contributed by atoms with E-state index in [9.17, 15) is 24.3 Å². The molecule has 2 aliphatic heterocycles. The number of thioether (sulfide) groups is 2. The van der Waals surface area contributed by atoms with Gasteiger partial charge < -0.3 is 10.4 Å². The quantitative estimate of drug-likeness (QED) is 0.447. The predicted molar refractivity (Wildman–Crippen MR) is 137 cm³/mol. The molecule has 7 nitrogen and oxygen atoms in total. The van der Waals surface area contributed by atoms with Crippen LogP contribution in [0.5, 0.6) is 0 Å². The third-order valence-electron chi connectivity index (χ3n) is 5.26. The SMILES string of the molecule is O=C(Cc1cccs1)NC1C(=O)N2C(C(=O)O)=C(Sc3cc(=O)c4ccc(Cl)cc4s3)CS[C@@H]12. The first-order valence-electron chi connectivity index (χ1n) is 9.96. The monoisotopic (exact) mass is 550 g/mol. The Balaban J connectivity index is 1.38. The molecule has 0 radical (unpaired) electrons. The molecule has 0 spiro atoms. The number of nitrogens with one attached hydrogen (secondary N) is 1. The van der Waals surface area contributed by atoms with Crippen molar-refractivity contribution in [2.45, 2.75) is 22.0 Å². The highest BCUT2D eigenvalue weighted by Crippen LogP contribution is 2.46. The van der Waals surface area contributed by atoms with E-state index < -0.39 is 23.3 Å². The average molecular weight is 551 g/mol. The Bertz CT molecular complexity index is 1420. The van der Waals surface area contributed by atoms with Crippen LogP contribution in [-0.4, -0.2) is 45.0 Å². The third kappa shape index (κ3) is 4.38. The van der Waals surface area contributed by atoms with Gasteiger partial charge in [0.25, 0.3) is 5.91 Å². The van der Waals surface area contributed by atoms with Gasteiger partial charge >= 0.3 is 5.97 Å². The number of carboxylic acids is 1. The highest BCUT2D eigenvalue weighted by molar-refractivity contribution is 8.07. The zero-order valence-electron chi connectivity index (χ0n) is 17.1. The maximum atomic E-state index is 12.8. The van der Waals surface area contributed by atoms with E-state index in [4.69, 9.17) is 11.6 Å². The number of aliphatic carboxylic acids is 1. The van der Waals surface area contributed by atoms with Crippen molar-refractivity contribution in [2.24, 2.45) is 0 Å². The number of nitrogens with zero attached hydrogens (tertiary/aromatic N) is 1. The van der Waals surface area contributed by atoms with Crippen LogP contribution in [-0.2, 0) is 20.8 Å². The number of benzene rings is 1. The maximum Gasteiger partial charge on any atom is 0.353 e. The summed E-state index contributed by atoms with van der Waals surface area (Å²) in [6.45, 7) is 0. The summed E-state index contributed by atoms with van der Waals surface area (Å²) in [6.07, 6.45) is 0.173. The summed E-state index contributed by atoms with van der Waals surface area (Å²) >= 11 is 11.4. The first kappa shape index (κ1) is 23.4. The Morgan fingerprint density at radius 3 is 2.79 bits per heavy atom. The highest BCUT2D eigenvalue weighted by Gasteiger charge is 2.54. The number of halogens is 1. The van der Waals surface area contributed by atoms with Crippen LogP contribution in [0.4, 0.5) is 0 Å². The van der Waals surface area contributed by atoms with Gasteiger partial charge in [0, 0.05) is 36.7 Å². The van der Waals surface area contributed by atoms with Crippen LogP contribution in [0.15, 0.2) is 61.4 Å². The van der Waals surface area contributed by atoms with E-state index in [1.807, 2.05) is 17.5 Å². The number of thiophene rings is 1. The molecule has 0 bridgehead atoms. The summed E-state index contributed by atoms with van der Waals surface area (Å²) in [4.78, 5) is 52.4. The minimum atomic E-state index is -1.22. The number of hydrogen-bond donors (Lipinski definition) is 2. The van der Waals surface area contributed by atoms with Crippen molar-refractivity contribution in [2.75, 3.05) is 5.75 Å². The molecule has 174 valence electrons. The van der Waals surface area contributed by atoms with Gasteiger partial charge in [-0.05, 0) is 29.6 Å². The van der Waals surface area contributed by atoms with Crippen LogP contribution in [0.3, 0.4) is 0 Å². The molecule has 2 atom stereocenters. The number of carbonyl (C=O) groups excluding carboxylic acids is 2. The van der Waals surface area contributed by atoms with Gasteiger partial charge in [-0.15, -0.1) is 34.4 Å². The Morgan fingerprint density at radius 2 is 2.06 bits per heavy atom. The normalized spacial score (nSPS) is 19.7. The van der Waals surface area contributed by atoms with Gasteiger partial charge in [0.2, 0.25) is 5.91 Å². The molecule has 0 saturated carbocycles. The molecule has 2 aromatic heterocycles. The van der Waals surface area contributed by atoms with E-state index >= 15 is 0 Å². The summed E-state index contributed by atoms with van der Waals surface area (Å²) in [5, 5.41) is 15.1. The molecular formula is C22H15ClN2O5S4. The average Bonchev–Trinajstić information content (AvgIpc) is 3.29. The fraction of sp³-hybridized carbons (Fsp3) is 0.182. The van der Waals surface area contributed by atoms with E-state index in [2.05, 4.69) is 5.32 Å². The van der Waals surface area contributed by atoms with Crippen LogP contribution in [0, 0.1) is 0 Å². The molecule has 2 N–H and O–H groups in total. The molecule has 2 aliphatic rings. The van der Waals surface area contributed by atoms with Crippen molar-refractivity contribution in [3.05, 3.63) is 72.5 Å². The Labute approximate surface area is 214 Å². The summed E-state index contributed by atoms with van der Waals surface area (Å²) in [7, 11) is 0. The van der Waals surface area contributed by atoms with Crippen LogP contribution < -0.4 is 10.7 Å². The van der Waals surface area contributed by atoms with Gasteiger partial charge in [0.1, 0.15) is 17.1 Å². The van der Waals surface area contributed by atoms with Crippen molar-refractivity contribution < 1.29 is 19.5 Å². The number of amides is 2. The lowest BCUT2D eigenvalue weighted by molar-refractivity contribution is -0.150. The second-order valence-electron chi connectivity index (χ2n) is 7.46. The zero-order valence-corrected chi connectivity index (χ0v) is 21.2. The van der Waals surface area contributed by atoms with Crippen molar-refractivity contribution in [1.82, 2.24) is 10.2 Å². The number of fused-ring (bicyclic) bond motifs is 2. The molecule has 4 heterocycles. The fourth-order valence-electron chi connectivity index (χ4n) is 3.74. The number of carboxylic acid groups (broad SMARTS) is 1. The molecule has 34 heavy (non-hydrogen) atoms. The molecule has 1 saturated heterocycles. The van der Waals surface area contributed by atoms with E-state index in [-0.39, 0.29) is 23.5 Å². The van der Waals surface area contributed by atoms with Gasteiger partial charge in [-0.3, -0.25) is 19.3 Å². The Kier molecular flexibility index (Phi) is 6.47. The zero-order chi connectivity index (χ0) is 24.0. The molecule has 0 aliphatic carbocycles. The minimum Gasteiger partial charge on any atom is -0.477 e. The minimum absolute atomic E-state index is 0.103. The van der Waals surface area contributed by atoms with E-state index in [1.54, 1.807) is 18.2 Å². The number of hydrogen-bond acceptors (Lipinski definition) is 8. The Morgan fingerprint density at radius 1 is 1.24 bits per heavy atom. The lowest BCUT2D eigenvalue weighted by atomic mass is 10.0. The molecule has 1 fully saturated rings. The standard InChI is InChI=1S/C22H15ClN2O5S4/c23-10-3-4-12-13(26)8-17(33-14(12)6-10)34-15-9-32-21-18(20(28)25(21)19(15)22(29)30)24-16(27)7-11-2-1-5-31-11/h1-6,8,18,21H,7,9H2,(H,24,27)(H,29,30)/t18?,21-/m0/s1. The molecule has 1 unspecified atom stereocenters. The topological polar surface area (TPSA) is 104 Å². The molecule has 1 aromatic carbocycles. The first-order chi connectivity index (χ1) is 16.3. The van der Waals surface area contributed by atoms with Gasteiger partial charge in [-0.2, -0.15) is 0 Å². The van der Waals surface area contributed by atoms with Crippen molar-refractivity contribution >= 4 is 85.7 Å². The lowest BCUT2D eigenvalue weighted by Gasteiger charge is -2.49. The van der Waals surface area contributed by atoms with Gasteiger partial charge in [-0.1, -0.05) is 29.4 Å². The summed E-state index contributed by atoms with van der Waals surface area (Å²) in [5.41, 5.74) is -0.284. The highest BCUT2D eigenvalue weighted by atomic mass is 35.5. The van der Waals surface area contributed by atoms with Crippen molar-refractivity contribution in [3.63, 3.8) is 0 Å².